The Morgan fingerprint density at radius 2 is 1.81 bits per heavy atom. The number of carbonyl (C=O) groups is 1. The minimum absolute atomic E-state index is 0.153. The van der Waals surface area contributed by atoms with Gasteiger partial charge in [-0.15, -0.1) is 0 Å². The molecule has 2 N–H and O–H groups in total. The molecule has 0 radical (unpaired) electrons. The van der Waals surface area contributed by atoms with Crippen molar-refractivity contribution in [3.63, 3.8) is 0 Å². The fraction of sp³-hybridized carbons (Fsp3) is 0.105. The summed E-state index contributed by atoms with van der Waals surface area (Å²) in [5.41, 5.74) is 1.59. The zero-order valence-corrected chi connectivity index (χ0v) is 15.2. The van der Waals surface area contributed by atoms with Gasteiger partial charge in [0.15, 0.2) is 6.61 Å². The number of rotatable bonds is 7. The molecule has 1 amide bonds. The lowest BCUT2D eigenvalue weighted by atomic mass is 10.2. The van der Waals surface area contributed by atoms with Crippen molar-refractivity contribution in [3.05, 3.63) is 76.7 Å². The summed E-state index contributed by atoms with van der Waals surface area (Å²) in [6.45, 7) is 0.439. The van der Waals surface area contributed by atoms with Crippen LogP contribution in [0.2, 0.25) is 10.0 Å². The second-order valence-corrected chi connectivity index (χ2v) is 6.27. The average molecular weight is 391 g/mol. The molecule has 0 aliphatic carbocycles. The van der Waals surface area contributed by atoms with Crippen molar-refractivity contribution < 1.29 is 13.9 Å². The molecule has 0 saturated heterocycles. The molecule has 0 saturated carbocycles. The predicted molar refractivity (Wildman–Crippen MR) is 103 cm³/mol. The maximum Gasteiger partial charge on any atom is 0.262 e. The smallest absolute Gasteiger partial charge is 0.262 e. The van der Waals surface area contributed by atoms with E-state index in [1.165, 1.54) is 0 Å². The third-order valence-corrected chi connectivity index (χ3v) is 4.00. The monoisotopic (exact) mass is 390 g/mol. The number of anilines is 2. The molecule has 7 heteroatoms. The van der Waals surface area contributed by atoms with Crippen LogP contribution in [0.25, 0.3) is 0 Å². The highest BCUT2D eigenvalue weighted by molar-refractivity contribution is 6.35. The summed E-state index contributed by atoms with van der Waals surface area (Å²) in [6, 6.07) is 15.9. The number of nitrogens with one attached hydrogen (secondary N) is 2. The molecule has 2 aromatic carbocycles. The first-order valence-corrected chi connectivity index (χ1v) is 8.60. The van der Waals surface area contributed by atoms with Gasteiger partial charge in [-0.05, 0) is 54.6 Å². The van der Waals surface area contributed by atoms with E-state index in [9.17, 15) is 4.79 Å². The standard InChI is InChI=1S/C19H16Cl2N2O3/c20-13-3-8-18(17(21)10-13)26-12-19(24)23-15-6-4-14(5-7-15)22-11-16-2-1-9-25-16/h1-10,22H,11-12H2,(H,23,24). The van der Waals surface area contributed by atoms with Crippen LogP contribution in [0.1, 0.15) is 5.76 Å². The Morgan fingerprint density at radius 3 is 2.50 bits per heavy atom. The molecular weight excluding hydrogens is 375 g/mol. The maximum atomic E-state index is 12.0. The molecule has 26 heavy (non-hydrogen) atoms. The SMILES string of the molecule is O=C(COc1ccc(Cl)cc1Cl)Nc1ccc(NCc2ccco2)cc1. The van der Waals surface area contributed by atoms with Crippen LogP contribution in [-0.2, 0) is 11.3 Å². The zero-order valence-electron chi connectivity index (χ0n) is 13.7. The fourth-order valence-corrected chi connectivity index (χ4v) is 2.67. The summed E-state index contributed by atoms with van der Waals surface area (Å²) in [5, 5.41) is 6.85. The molecule has 3 aromatic rings. The third kappa shape index (κ3) is 5.18. The van der Waals surface area contributed by atoms with Gasteiger partial charge in [-0.25, -0.2) is 0 Å². The predicted octanol–water partition coefficient (Wildman–Crippen LogP) is 5.22. The van der Waals surface area contributed by atoms with Crippen LogP contribution in [0.4, 0.5) is 11.4 Å². The number of ether oxygens (including phenoxy) is 1. The van der Waals surface area contributed by atoms with E-state index >= 15 is 0 Å². The number of hydrogen-bond acceptors (Lipinski definition) is 4. The number of furan rings is 1. The maximum absolute atomic E-state index is 12.0. The second kappa shape index (κ2) is 8.65. The largest absolute Gasteiger partial charge is 0.482 e. The van der Waals surface area contributed by atoms with Crippen LogP contribution < -0.4 is 15.4 Å². The lowest BCUT2D eigenvalue weighted by Crippen LogP contribution is -2.20. The van der Waals surface area contributed by atoms with Crippen molar-refractivity contribution in [1.29, 1.82) is 0 Å². The van der Waals surface area contributed by atoms with E-state index in [1.807, 2.05) is 24.3 Å². The molecule has 5 nitrogen and oxygen atoms in total. The summed E-state index contributed by atoms with van der Waals surface area (Å²) < 4.78 is 10.7. The van der Waals surface area contributed by atoms with Crippen LogP contribution >= 0.6 is 23.2 Å². The van der Waals surface area contributed by atoms with Crippen molar-refractivity contribution in [2.75, 3.05) is 17.2 Å². The molecule has 0 aliphatic heterocycles. The van der Waals surface area contributed by atoms with Gasteiger partial charge in [0.2, 0.25) is 0 Å². The number of halogens is 2. The Labute approximate surface area is 160 Å². The Hall–Kier alpha value is -2.63. The van der Waals surface area contributed by atoms with Crippen molar-refractivity contribution in [1.82, 2.24) is 0 Å². The highest BCUT2D eigenvalue weighted by Gasteiger charge is 2.07. The summed E-state index contributed by atoms with van der Waals surface area (Å²) in [5.74, 6) is 0.969. The van der Waals surface area contributed by atoms with Crippen LogP contribution in [-0.4, -0.2) is 12.5 Å². The van der Waals surface area contributed by atoms with Crippen LogP contribution in [0, 0.1) is 0 Å². The summed E-state index contributed by atoms with van der Waals surface area (Å²) >= 11 is 11.8. The van der Waals surface area contributed by atoms with E-state index in [-0.39, 0.29) is 12.5 Å². The van der Waals surface area contributed by atoms with Gasteiger partial charge >= 0.3 is 0 Å². The van der Waals surface area contributed by atoms with Gasteiger partial charge < -0.3 is 19.8 Å². The van der Waals surface area contributed by atoms with E-state index in [0.29, 0.717) is 28.0 Å². The lowest BCUT2D eigenvalue weighted by Gasteiger charge is -2.10. The lowest BCUT2D eigenvalue weighted by molar-refractivity contribution is -0.118. The fourth-order valence-electron chi connectivity index (χ4n) is 2.21. The van der Waals surface area contributed by atoms with Crippen molar-refractivity contribution >= 4 is 40.5 Å². The Morgan fingerprint density at radius 1 is 1.04 bits per heavy atom. The molecule has 0 spiro atoms. The van der Waals surface area contributed by atoms with Gasteiger partial charge in [0.25, 0.3) is 5.91 Å². The quantitative estimate of drug-likeness (QED) is 0.580. The highest BCUT2D eigenvalue weighted by atomic mass is 35.5. The van der Waals surface area contributed by atoms with Crippen LogP contribution in [0.5, 0.6) is 5.75 Å². The highest BCUT2D eigenvalue weighted by Crippen LogP contribution is 2.27. The van der Waals surface area contributed by atoms with Gasteiger partial charge in [0.05, 0.1) is 17.8 Å². The first-order valence-electron chi connectivity index (χ1n) is 7.84. The molecule has 0 fully saturated rings. The summed E-state index contributed by atoms with van der Waals surface area (Å²) in [4.78, 5) is 12.0. The normalized spacial score (nSPS) is 10.4. The zero-order chi connectivity index (χ0) is 18.4. The first kappa shape index (κ1) is 18.2. The van der Waals surface area contributed by atoms with Gasteiger partial charge in [-0.1, -0.05) is 23.2 Å². The molecule has 1 heterocycles. The average Bonchev–Trinajstić information content (AvgIpc) is 3.14. The number of benzene rings is 2. The summed E-state index contributed by atoms with van der Waals surface area (Å²) in [6.07, 6.45) is 1.63. The van der Waals surface area contributed by atoms with Gasteiger partial charge in [-0.3, -0.25) is 4.79 Å². The minimum Gasteiger partial charge on any atom is -0.482 e. The topological polar surface area (TPSA) is 63.5 Å². The molecular formula is C19H16Cl2N2O3. The van der Waals surface area contributed by atoms with Crippen molar-refractivity contribution in [3.8, 4) is 5.75 Å². The molecule has 0 unspecified atom stereocenters. The number of hydrogen-bond donors (Lipinski definition) is 2. The van der Waals surface area contributed by atoms with Crippen molar-refractivity contribution in [2.45, 2.75) is 6.54 Å². The van der Waals surface area contributed by atoms with Gasteiger partial charge in [0, 0.05) is 16.4 Å². The van der Waals surface area contributed by atoms with E-state index in [2.05, 4.69) is 10.6 Å². The van der Waals surface area contributed by atoms with Gasteiger partial charge in [-0.2, -0.15) is 0 Å². The molecule has 134 valence electrons. The van der Waals surface area contributed by atoms with Gasteiger partial charge in [0.1, 0.15) is 11.5 Å². The molecule has 0 aliphatic rings. The van der Waals surface area contributed by atoms with Crippen LogP contribution in [0.3, 0.4) is 0 Å². The minimum atomic E-state index is -0.285. The van der Waals surface area contributed by atoms with E-state index in [0.717, 1.165) is 11.4 Å². The molecule has 3 rings (SSSR count). The molecule has 0 bridgehead atoms. The second-order valence-electron chi connectivity index (χ2n) is 5.42. The molecule has 1 aromatic heterocycles. The summed E-state index contributed by atoms with van der Waals surface area (Å²) in [7, 11) is 0. The number of amides is 1. The van der Waals surface area contributed by atoms with E-state index in [1.54, 1.807) is 36.6 Å². The van der Waals surface area contributed by atoms with Crippen molar-refractivity contribution in [2.24, 2.45) is 0 Å². The Bertz CT molecular complexity index is 865. The van der Waals surface area contributed by atoms with E-state index in [4.69, 9.17) is 32.4 Å². The molecule has 0 atom stereocenters. The Balaban J connectivity index is 1.48. The first-order chi connectivity index (χ1) is 12.6. The number of carbonyl (C=O) groups excluding carboxylic acids is 1. The van der Waals surface area contributed by atoms with E-state index < -0.39 is 0 Å². The third-order valence-electron chi connectivity index (χ3n) is 3.47. The van der Waals surface area contributed by atoms with Crippen LogP contribution in [0.15, 0.2) is 65.3 Å². The Kier molecular flexibility index (Phi) is 6.04.